The molecule has 3 heterocycles. The van der Waals surface area contributed by atoms with Gasteiger partial charge in [-0.1, -0.05) is 12.1 Å². The summed E-state index contributed by atoms with van der Waals surface area (Å²) in [5, 5.41) is 2.99. The summed E-state index contributed by atoms with van der Waals surface area (Å²) in [6, 6.07) is 7.94. The van der Waals surface area contributed by atoms with Crippen LogP contribution in [-0.2, 0) is 17.9 Å². The average Bonchev–Trinajstić information content (AvgIpc) is 3.18. The molecule has 0 radical (unpaired) electrons. The molecule has 7 nitrogen and oxygen atoms in total. The van der Waals surface area contributed by atoms with E-state index in [2.05, 4.69) is 40.2 Å². The molecule has 3 aromatic rings. The molecule has 2 N–H and O–H groups in total. The van der Waals surface area contributed by atoms with Crippen molar-refractivity contribution in [1.82, 2.24) is 25.2 Å². The van der Waals surface area contributed by atoms with Crippen LogP contribution < -0.4 is 5.32 Å². The van der Waals surface area contributed by atoms with E-state index >= 15 is 0 Å². The highest BCUT2D eigenvalue weighted by Gasteiger charge is 2.24. The second kappa shape index (κ2) is 8.61. The van der Waals surface area contributed by atoms with Crippen molar-refractivity contribution >= 4 is 17.1 Å². The van der Waals surface area contributed by atoms with Gasteiger partial charge in [-0.2, -0.15) is 0 Å². The Hall–Kier alpha value is -2.93. The van der Waals surface area contributed by atoms with Gasteiger partial charge in [0.15, 0.2) is 0 Å². The van der Waals surface area contributed by atoms with Crippen molar-refractivity contribution in [2.75, 3.05) is 13.1 Å². The van der Waals surface area contributed by atoms with Crippen molar-refractivity contribution in [1.29, 1.82) is 0 Å². The molecular weight excluding hydrogens is 366 g/mol. The monoisotopic (exact) mass is 393 g/mol. The summed E-state index contributed by atoms with van der Waals surface area (Å²) < 4.78 is 6.00. The number of nitrogens with zero attached hydrogens (tertiary/aromatic N) is 3. The van der Waals surface area contributed by atoms with E-state index < -0.39 is 0 Å². The number of urea groups is 1. The Morgan fingerprint density at radius 2 is 2.24 bits per heavy atom. The van der Waals surface area contributed by atoms with E-state index in [9.17, 15) is 4.79 Å². The number of ether oxygens (including phenoxy) is 1. The van der Waals surface area contributed by atoms with Crippen LogP contribution in [0.15, 0.2) is 36.7 Å². The minimum atomic E-state index is -0.0759. The van der Waals surface area contributed by atoms with Crippen molar-refractivity contribution in [3.8, 4) is 0 Å². The van der Waals surface area contributed by atoms with Crippen LogP contribution >= 0.6 is 0 Å². The van der Waals surface area contributed by atoms with E-state index in [-0.39, 0.29) is 12.1 Å². The van der Waals surface area contributed by atoms with Crippen LogP contribution in [-0.4, -0.2) is 45.1 Å². The molecule has 1 aromatic carbocycles. The summed E-state index contributed by atoms with van der Waals surface area (Å²) in [6.45, 7) is 6.39. The lowest BCUT2D eigenvalue weighted by molar-refractivity contribution is -0.000471. The van der Waals surface area contributed by atoms with E-state index in [1.165, 1.54) is 11.1 Å². The van der Waals surface area contributed by atoms with Crippen molar-refractivity contribution in [2.24, 2.45) is 0 Å². The lowest BCUT2D eigenvalue weighted by atomic mass is 10.1. The number of carbonyl (C=O) groups is 1. The number of pyridine rings is 1. The maximum absolute atomic E-state index is 12.6. The fraction of sp³-hybridized carbons (Fsp3) is 0.409. The van der Waals surface area contributed by atoms with Gasteiger partial charge in [-0.25, -0.2) is 9.78 Å². The number of hydrogen-bond acceptors (Lipinski definition) is 4. The van der Waals surface area contributed by atoms with E-state index in [1.54, 1.807) is 6.20 Å². The Labute approximate surface area is 170 Å². The number of H-pyrrole nitrogens is 1. The molecule has 7 heteroatoms. The van der Waals surface area contributed by atoms with Crippen LogP contribution in [0.5, 0.6) is 0 Å². The Kier molecular flexibility index (Phi) is 5.76. The van der Waals surface area contributed by atoms with E-state index in [1.807, 2.05) is 29.3 Å². The maximum Gasteiger partial charge on any atom is 0.317 e. The lowest BCUT2D eigenvalue weighted by Crippen LogP contribution is -2.47. The predicted molar refractivity (Wildman–Crippen MR) is 111 cm³/mol. The van der Waals surface area contributed by atoms with Gasteiger partial charge >= 0.3 is 6.03 Å². The zero-order valence-corrected chi connectivity index (χ0v) is 16.9. The molecule has 0 spiro atoms. The Bertz CT molecular complexity index is 986. The summed E-state index contributed by atoms with van der Waals surface area (Å²) >= 11 is 0. The minimum Gasteiger partial charge on any atom is -0.372 e. The molecule has 152 valence electrons. The SMILES string of the molecule is Cc1ccc2[nH]c(CNC(=O)N3CCCC(OCc4cccnc4)C3)nc2c1C. The fourth-order valence-electron chi connectivity index (χ4n) is 3.68. The Morgan fingerprint density at radius 1 is 1.34 bits per heavy atom. The second-order valence-corrected chi connectivity index (χ2v) is 7.63. The number of aromatic amines is 1. The number of fused-ring (bicyclic) bond motifs is 1. The van der Waals surface area contributed by atoms with Gasteiger partial charge in [0.25, 0.3) is 0 Å². The van der Waals surface area contributed by atoms with Gasteiger partial charge in [-0.3, -0.25) is 4.98 Å². The highest BCUT2D eigenvalue weighted by atomic mass is 16.5. The molecule has 2 aromatic heterocycles. The van der Waals surface area contributed by atoms with E-state index in [0.29, 0.717) is 19.7 Å². The first-order chi connectivity index (χ1) is 14.1. The molecule has 0 bridgehead atoms. The third-order valence-corrected chi connectivity index (χ3v) is 5.51. The predicted octanol–water partition coefficient (Wildman–Crippen LogP) is 3.47. The van der Waals surface area contributed by atoms with Gasteiger partial charge < -0.3 is 19.9 Å². The maximum atomic E-state index is 12.6. The van der Waals surface area contributed by atoms with Crippen LogP contribution in [0.4, 0.5) is 4.79 Å². The molecule has 1 unspecified atom stereocenters. The summed E-state index contributed by atoms with van der Waals surface area (Å²) in [5.74, 6) is 0.767. The summed E-state index contributed by atoms with van der Waals surface area (Å²) in [4.78, 5) is 26.5. The van der Waals surface area contributed by atoms with Gasteiger partial charge in [-0.05, 0) is 55.5 Å². The zero-order valence-electron chi connectivity index (χ0n) is 16.9. The van der Waals surface area contributed by atoms with E-state index in [4.69, 9.17) is 4.74 Å². The topological polar surface area (TPSA) is 83.1 Å². The Balaban J connectivity index is 1.30. The molecule has 1 fully saturated rings. The third kappa shape index (κ3) is 4.56. The van der Waals surface area contributed by atoms with Gasteiger partial charge in [0, 0.05) is 25.5 Å². The van der Waals surface area contributed by atoms with Crippen molar-refractivity contribution in [2.45, 2.75) is 45.9 Å². The molecular formula is C22H27N5O2. The molecule has 2 amide bonds. The number of rotatable bonds is 5. The van der Waals surface area contributed by atoms with Crippen molar-refractivity contribution in [3.05, 3.63) is 59.2 Å². The fourth-order valence-corrected chi connectivity index (χ4v) is 3.68. The first-order valence-electron chi connectivity index (χ1n) is 10.1. The standard InChI is InChI=1S/C22H27N5O2/c1-15-7-8-19-21(16(15)2)26-20(25-19)12-24-22(28)27-10-4-6-18(13-27)29-14-17-5-3-9-23-11-17/h3,5,7-9,11,18H,4,6,10,12-14H2,1-2H3,(H,24,28)(H,25,26). The summed E-state index contributed by atoms with van der Waals surface area (Å²) in [7, 11) is 0. The van der Waals surface area contributed by atoms with E-state index in [0.717, 1.165) is 41.8 Å². The molecule has 0 saturated carbocycles. The number of benzene rings is 1. The van der Waals surface area contributed by atoms with Crippen LogP contribution in [0.2, 0.25) is 0 Å². The number of imidazole rings is 1. The van der Waals surface area contributed by atoms with Gasteiger partial charge in [0.05, 0.1) is 30.3 Å². The van der Waals surface area contributed by atoms with Crippen molar-refractivity contribution < 1.29 is 9.53 Å². The number of amides is 2. The largest absolute Gasteiger partial charge is 0.372 e. The normalized spacial score (nSPS) is 16.9. The number of hydrogen-bond donors (Lipinski definition) is 2. The molecule has 1 aliphatic rings. The molecule has 1 saturated heterocycles. The quantitative estimate of drug-likeness (QED) is 0.695. The van der Waals surface area contributed by atoms with Crippen molar-refractivity contribution in [3.63, 3.8) is 0 Å². The number of carbonyl (C=O) groups excluding carboxylic acids is 1. The summed E-state index contributed by atoms with van der Waals surface area (Å²) in [5.41, 5.74) is 5.39. The molecule has 0 aliphatic carbocycles. The van der Waals surface area contributed by atoms with Gasteiger partial charge in [0.2, 0.25) is 0 Å². The number of aromatic nitrogens is 3. The highest BCUT2D eigenvalue weighted by molar-refractivity contribution is 5.80. The smallest absolute Gasteiger partial charge is 0.317 e. The minimum absolute atomic E-state index is 0.0477. The van der Waals surface area contributed by atoms with Crippen LogP contribution in [0.25, 0.3) is 11.0 Å². The van der Waals surface area contributed by atoms with Gasteiger partial charge in [-0.15, -0.1) is 0 Å². The van der Waals surface area contributed by atoms with Crippen LogP contribution in [0, 0.1) is 13.8 Å². The summed E-state index contributed by atoms with van der Waals surface area (Å²) in [6.07, 6.45) is 5.51. The lowest BCUT2D eigenvalue weighted by Gasteiger charge is -2.32. The van der Waals surface area contributed by atoms with Crippen LogP contribution in [0.1, 0.15) is 35.4 Å². The van der Waals surface area contributed by atoms with Gasteiger partial charge in [0.1, 0.15) is 5.82 Å². The zero-order chi connectivity index (χ0) is 20.2. The molecule has 4 rings (SSSR count). The number of aryl methyl sites for hydroxylation is 2. The number of likely N-dealkylation sites (tertiary alicyclic amines) is 1. The molecule has 1 aliphatic heterocycles. The highest BCUT2D eigenvalue weighted by Crippen LogP contribution is 2.19. The second-order valence-electron chi connectivity index (χ2n) is 7.63. The first kappa shape index (κ1) is 19.4. The first-order valence-corrected chi connectivity index (χ1v) is 10.1. The molecule has 29 heavy (non-hydrogen) atoms. The number of nitrogens with one attached hydrogen (secondary N) is 2. The molecule has 1 atom stereocenters. The average molecular weight is 393 g/mol. The number of piperidine rings is 1. The Morgan fingerprint density at radius 3 is 3.07 bits per heavy atom. The third-order valence-electron chi connectivity index (χ3n) is 5.51. The van der Waals surface area contributed by atoms with Crippen LogP contribution in [0.3, 0.4) is 0 Å².